The normalized spacial score (nSPS) is 32.6. The van der Waals surface area contributed by atoms with Crippen LogP contribution >= 0.6 is 11.6 Å². The smallest absolute Gasteiger partial charge is 0.0476 e. The summed E-state index contributed by atoms with van der Waals surface area (Å²) in [4.78, 5) is 0. The Morgan fingerprint density at radius 3 is 2.88 bits per heavy atom. The SMILES string of the molecule is COCCC(C)NC1(CCl)CCCC(C)C1. The van der Waals surface area contributed by atoms with E-state index < -0.39 is 0 Å². The molecule has 96 valence electrons. The molecule has 0 aliphatic heterocycles. The number of rotatable bonds is 6. The maximum Gasteiger partial charge on any atom is 0.0476 e. The maximum absolute atomic E-state index is 6.19. The first-order valence-electron chi connectivity index (χ1n) is 6.44. The summed E-state index contributed by atoms with van der Waals surface area (Å²) in [5.74, 6) is 1.53. The highest BCUT2D eigenvalue weighted by Gasteiger charge is 2.34. The van der Waals surface area contributed by atoms with Crippen LogP contribution < -0.4 is 5.32 Å². The van der Waals surface area contributed by atoms with Gasteiger partial charge in [-0.3, -0.25) is 0 Å². The molecule has 0 spiro atoms. The van der Waals surface area contributed by atoms with Gasteiger partial charge in [0.2, 0.25) is 0 Å². The molecular weight excluding hydrogens is 222 g/mol. The van der Waals surface area contributed by atoms with Crippen LogP contribution in [0, 0.1) is 5.92 Å². The Morgan fingerprint density at radius 2 is 2.31 bits per heavy atom. The van der Waals surface area contributed by atoms with Crippen LogP contribution in [0.15, 0.2) is 0 Å². The summed E-state index contributed by atoms with van der Waals surface area (Å²) in [5.41, 5.74) is 0.173. The second-order valence-corrected chi connectivity index (χ2v) is 5.71. The quantitative estimate of drug-likeness (QED) is 0.728. The van der Waals surface area contributed by atoms with E-state index in [-0.39, 0.29) is 5.54 Å². The molecule has 1 saturated carbocycles. The lowest BCUT2D eigenvalue weighted by molar-refractivity contribution is 0.156. The van der Waals surface area contributed by atoms with Crippen molar-refractivity contribution in [1.29, 1.82) is 0 Å². The van der Waals surface area contributed by atoms with Gasteiger partial charge in [0.1, 0.15) is 0 Å². The molecule has 1 aliphatic carbocycles. The largest absolute Gasteiger partial charge is 0.385 e. The van der Waals surface area contributed by atoms with Crippen molar-refractivity contribution in [3.05, 3.63) is 0 Å². The van der Waals surface area contributed by atoms with Gasteiger partial charge in [-0.2, -0.15) is 0 Å². The van der Waals surface area contributed by atoms with Crippen molar-refractivity contribution >= 4 is 11.6 Å². The van der Waals surface area contributed by atoms with Crippen LogP contribution in [0.3, 0.4) is 0 Å². The molecule has 1 aliphatic rings. The average molecular weight is 248 g/mol. The fourth-order valence-corrected chi connectivity index (χ4v) is 3.16. The van der Waals surface area contributed by atoms with Crippen molar-refractivity contribution in [3.63, 3.8) is 0 Å². The van der Waals surface area contributed by atoms with Gasteiger partial charge in [0, 0.05) is 31.2 Å². The summed E-state index contributed by atoms with van der Waals surface area (Å²) in [6, 6.07) is 0.490. The number of nitrogens with one attached hydrogen (secondary N) is 1. The number of halogens is 1. The van der Waals surface area contributed by atoms with Gasteiger partial charge in [0.25, 0.3) is 0 Å². The Labute approximate surface area is 105 Å². The molecule has 3 unspecified atom stereocenters. The Morgan fingerprint density at radius 1 is 1.56 bits per heavy atom. The lowest BCUT2D eigenvalue weighted by Gasteiger charge is -2.41. The van der Waals surface area contributed by atoms with Crippen molar-refractivity contribution in [2.75, 3.05) is 19.6 Å². The van der Waals surface area contributed by atoms with Crippen molar-refractivity contribution in [3.8, 4) is 0 Å². The molecule has 0 aromatic rings. The fourth-order valence-electron chi connectivity index (χ4n) is 2.84. The van der Waals surface area contributed by atoms with Gasteiger partial charge in [-0.15, -0.1) is 11.6 Å². The van der Waals surface area contributed by atoms with E-state index >= 15 is 0 Å². The van der Waals surface area contributed by atoms with Gasteiger partial charge in [0.15, 0.2) is 0 Å². The number of ether oxygens (including phenoxy) is 1. The molecule has 3 atom stereocenters. The van der Waals surface area contributed by atoms with E-state index in [1.807, 2.05) is 0 Å². The Hall–Kier alpha value is 0.210. The van der Waals surface area contributed by atoms with Crippen molar-refractivity contribution in [2.24, 2.45) is 5.92 Å². The molecule has 0 heterocycles. The van der Waals surface area contributed by atoms with Crippen LogP contribution in [-0.4, -0.2) is 31.2 Å². The molecular formula is C13H26ClNO. The predicted molar refractivity (Wildman–Crippen MR) is 70.2 cm³/mol. The summed E-state index contributed by atoms with van der Waals surface area (Å²) >= 11 is 6.19. The molecule has 3 heteroatoms. The zero-order chi connectivity index (χ0) is 12.0. The standard InChI is InChI=1S/C13H26ClNO/c1-11-5-4-7-13(9-11,10-14)15-12(2)6-8-16-3/h11-12,15H,4-10H2,1-3H3. The van der Waals surface area contributed by atoms with Gasteiger partial charge in [-0.05, 0) is 32.1 Å². The van der Waals surface area contributed by atoms with E-state index in [0.29, 0.717) is 6.04 Å². The summed E-state index contributed by atoms with van der Waals surface area (Å²) in [6.07, 6.45) is 6.15. The minimum Gasteiger partial charge on any atom is -0.385 e. The van der Waals surface area contributed by atoms with Gasteiger partial charge in [0.05, 0.1) is 0 Å². The second kappa shape index (κ2) is 6.83. The maximum atomic E-state index is 6.19. The van der Waals surface area contributed by atoms with Crippen LogP contribution in [0.25, 0.3) is 0 Å². The number of methoxy groups -OCH3 is 1. The summed E-state index contributed by atoms with van der Waals surface area (Å²) in [6.45, 7) is 5.39. The molecule has 16 heavy (non-hydrogen) atoms. The highest BCUT2D eigenvalue weighted by Crippen LogP contribution is 2.33. The minimum atomic E-state index is 0.173. The Kier molecular flexibility index (Phi) is 6.09. The number of hydrogen-bond acceptors (Lipinski definition) is 2. The molecule has 1 N–H and O–H groups in total. The number of alkyl halides is 1. The van der Waals surface area contributed by atoms with Gasteiger partial charge >= 0.3 is 0 Å². The zero-order valence-electron chi connectivity index (χ0n) is 10.9. The van der Waals surface area contributed by atoms with Gasteiger partial charge in [-0.25, -0.2) is 0 Å². The highest BCUT2D eigenvalue weighted by atomic mass is 35.5. The highest BCUT2D eigenvalue weighted by molar-refractivity contribution is 6.18. The minimum absolute atomic E-state index is 0.173. The van der Waals surface area contributed by atoms with E-state index in [4.69, 9.17) is 16.3 Å². The molecule has 0 saturated heterocycles. The van der Waals surface area contributed by atoms with Crippen LogP contribution in [0.2, 0.25) is 0 Å². The second-order valence-electron chi connectivity index (χ2n) is 5.44. The third kappa shape index (κ3) is 4.23. The number of hydrogen-bond donors (Lipinski definition) is 1. The fraction of sp³-hybridized carbons (Fsp3) is 1.00. The molecule has 1 fully saturated rings. The van der Waals surface area contributed by atoms with Gasteiger partial charge < -0.3 is 10.1 Å². The molecule has 0 bridgehead atoms. The molecule has 0 aromatic carbocycles. The van der Waals surface area contributed by atoms with Crippen molar-refractivity contribution in [1.82, 2.24) is 5.32 Å². The first-order chi connectivity index (χ1) is 7.62. The predicted octanol–water partition coefficient (Wildman–Crippen LogP) is 3.19. The first-order valence-corrected chi connectivity index (χ1v) is 6.98. The van der Waals surface area contributed by atoms with E-state index in [1.54, 1.807) is 7.11 Å². The van der Waals surface area contributed by atoms with Crippen LogP contribution in [0.4, 0.5) is 0 Å². The van der Waals surface area contributed by atoms with Crippen LogP contribution in [0.1, 0.15) is 46.0 Å². The van der Waals surface area contributed by atoms with Crippen molar-refractivity contribution in [2.45, 2.75) is 57.5 Å². The molecule has 0 aromatic heterocycles. The zero-order valence-corrected chi connectivity index (χ0v) is 11.6. The van der Waals surface area contributed by atoms with E-state index in [9.17, 15) is 0 Å². The monoisotopic (exact) mass is 247 g/mol. The van der Waals surface area contributed by atoms with Gasteiger partial charge in [-0.1, -0.05) is 19.8 Å². The third-order valence-corrected chi connectivity index (χ3v) is 4.17. The lowest BCUT2D eigenvalue weighted by Crippen LogP contribution is -2.53. The lowest BCUT2D eigenvalue weighted by atomic mass is 9.77. The molecule has 1 rings (SSSR count). The molecule has 0 amide bonds. The summed E-state index contributed by atoms with van der Waals surface area (Å²) in [5, 5.41) is 3.74. The van der Waals surface area contributed by atoms with Crippen LogP contribution in [0.5, 0.6) is 0 Å². The van der Waals surface area contributed by atoms with E-state index in [0.717, 1.165) is 24.8 Å². The van der Waals surface area contributed by atoms with E-state index in [1.165, 1.54) is 25.7 Å². The molecule has 0 radical (unpaired) electrons. The third-order valence-electron chi connectivity index (χ3n) is 3.65. The average Bonchev–Trinajstić information content (AvgIpc) is 2.26. The summed E-state index contributed by atoms with van der Waals surface area (Å²) < 4.78 is 5.12. The first kappa shape index (κ1) is 14.3. The summed E-state index contributed by atoms with van der Waals surface area (Å²) in [7, 11) is 1.76. The topological polar surface area (TPSA) is 21.3 Å². The van der Waals surface area contributed by atoms with E-state index in [2.05, 4.69) is 19.2 Å². The Balaban J connectivity index is 2.45. The van der Waals surface area contributed by atoms with Crippen molar-refractivity contribution < 1.29 is 4.74 Å². The van der Waals surface area contributed by atoms with Crippen LogP contribution in [-0.2, 0) is 4.74 Å². The molecule has 2 nitrogen and oxygen atoms in total. The Bertz CT molecular complexity index is 200.